The molecule has 1 aromatic carbocycles. The van der Waals surface area contributed by atoms with Crippen LogP contribution in [0.25, 0.3) is 0 Å². The largest absolute Gasteiger partial charge is 0.390 e. The summed E-state index contributed by atoms with van der Waals surface area (Å²) in [6, 6.07) is 8.86. The van der Waals surface area contributed by atoms with Crippen LogP contribution in [0.5, 0.6) is 0 Å². The van der Waals surface area contributed by atoms with Crippen molar-refractivity contribution in [3.63, 3.8) is 0 Å². The van der Waals surface area contributed by atoms with Crippen molar-refractivity contribution in [1.29, 1.82) is 0 Å². The molecular formula is C14H20O3. The molecule has 0 unspecified atom stereocenters. The molecule has 1 aromatic rings. The Labute approximate surface area is 102 Å². The molecule has 0 aromatic heterocycles. The van der Waals surface area contributed by atoms with E-state index in [0.717, 1.165) is 12.8 Å². The molecule has 0 aliphatic carbocycles. The SMILES string of the molecule is C=CCCC[C@@H](O)[C@H](O)[C@@H](O)c1ccccc1. The van der Waals surface area contributed by atoms with Gasteiger partial charge in [-0.3, -0.25) is 0 Å². The minimum atomic E-state index is -1.15. The first-order chi connectivity index (χ1) is 8.16. The van der Waals surface area contributed by atoms with Crippen LogP contribution >= 0.6 is 0 Å². The number of hydrogen-bond acceptors (Lipinski definition) is 3. The van der Waals surface area contributed by atoms with Gasteiger partial charge in [0, 0.05) is 0 Å². The lowest BCUT2D eigenvalue weighted by molar-refractivity contribution is -0.0635. The maximum Gasteiger partial charge on any atom is 0.110 e. The van der Waals surface area contributed by atoms with Crippen molar-refractivity contribution < 1.29 is 15.3 Å². The Hall–Kier alpha value is -1.16. The number of benzene rings is 1. The average Bonchev–Trinajstić information content (AvgIpc) is 2.38. The fourth-order valence-corrected chi connectivity index (χ4v) is 1.70. The number of rotatable bonds is 7. The van der Waals surface area contributed by atoms with Crippen molar-refractivity contribution in [2.45, 2.75) is 37.6 Å². The summed E-state index contributed by atoms with van der Waals surface area (Å²) in [6.07, 6.45) is 0.667. The van der Waals surface area contributed by atoms with E-state index in [-0.39, 0.29) is 0 Å². The molecule has 3 heteroatoms. The summed E-state index contributed by atoms with van der Waals surface area (Å²) in [7, 11) is 0. The van der Waals surface area contributed by atoms with Gasteiger partial charge in [-0.1, -0.05) is 36.4 Å². The van der Waals surface area contributed by atoms with E-state index >= 15 is 0 Å². The molecule has 0 heterocycles. The molecule has 94 valence electrons. The molecule has 0 saturated carbocycles. The molecule has 17 heavy (non-hydrogen) atoms. The van der Waals surface area contributed by atoms with E-state index in [0.29, 0.717) is 12.0 Å². The third-order valence-corrected chi connectivity index (χ3v) is 2.77. The van der Waals surface area contributed by atoms with Crippen LogP contribution in [0.2, 0.25) is 0 Å². The molecule has 0 saturated heterocycles. The second-order valence-corrected chi connectivity index (χ2v) is 4.13. The van der Waals surface area contributed by atoms with E-state index in [1.807, 2.05) is 6.07 Å². The zero-order chi connectivity index (χ0) is 12.7. The number of hydrogen-bond donors (Lipinski definition) is 3. The molecule has 0 aliphatic heterocycles. The highest BCUT2D eigenvalue weighted by Gasteiger charge is 2.25. The number of aliphatic hydroxyl groups excluding tert-OH is 3. The molecule has 3 atom stereocenters. The molecule has 0 aliphatic rings. The van der Waals surface area contributed by atoms with Gasteiger partial charge in [-0.25, -0.2) is 0 Å². The summed E-state index contributed by atoms with van der Waals surface area (Å²) in [5, 5.41) is 29.4. The molecule has 0 amide bonds. The first-order valence-electron chi connectivity index (χ1n) is 5.87. The Balaban J connectivity index is 2.51. The predicted molar refractivity (Wildman–Crippen MR) is 67.5 cm³/mol. The highest BCUT2D eigenvalue weighted by Crippen LogP contribution is 2.20. The van der Waals surface area contributed by atoms with Crippen LogP contribution in [0.4, 0.5) is 0 Å². The van der Waals surface area contributed by atoms with Crippen LogP contribution in [-0.4, -0.2) is 27.5 Å². The van der Waals surface area contributed by atoms with Crippen LogP contribution in [0.3, 0.4) is 0 Å². The van der Waals surface area contributed by atoms with Crippen molar-refractivity contribution in [2.75, 3.05) is 0 Å². The lowest BCUT2D eigenvalue weighted by Gasteiger charge is -2.23. The quantitative estimate of drug-likeness (QED) is 0.499. The Morgan fingerprint density at radius 1 is 1.12 bits per heavy atom. The fraction of sp³-hybridized carbons (Fsp3) is 0.429. The Morgan fingerprint density at radius 2 is 1.76 bits per heavy atom. The average molecular weight is 236 g/mol. The van der Waals surface area contributed by atoms with Gasteiger partial charge in [0.25, 0.3) is 0 Å². The van der Waals surface area contributed by atoms with Crippen LogP contribution in [0.1, 0.15) is 30.9 Å². The van der Waals surface area contributed by atoms with Gasteiger partial charge in [-0.05, 0) is 24.8 Å². The molecule has 1 rings (SSSR count). The topological polar surface area (TPSA) is 60.7 Å². The van der Waals surface area contributed by atoms with E-state index in [4.69, 9.17) is 0 Å². The number of aliphatic hydroxyl groups is 3. The van der Waals surface area contributed by atoms with Gasteiger partial charge < -0.3 is 15.3 Å². The Kier molecular flexibility index (Phi) is 5.91. The molecular weight excluding hydrogens is 216 g/mol. The van der Waals surface area contributed by atoms with Crippen LogP contribution in [-0.2, 0) is 0 Å². The predicted octanol–water partition coefficient (Wildman–Crippen LogP) is 1.80. The maximum absolute atomic E-state index is 9.89. The fourth-order valence-electron chi connectivity index (χ4n) is 1.70. The number of allylic oxidation sites excluding steroid dienone is 1. The molecule has 3 N–H and O–H groups in total. The first kappa shape index (κ1) is 13.9. The lowest BCUT2D eigenvalue weighted by Crippen LogP contribution is -2.32. The highest BCUT2D eigenvalue weighted by molar-refractivity contribution is 5.18. The zero-order valence-corrected chi connectivity index (χ0v) is 9.87. The van der Waals surface area contributed by atoms with Gasteiger partial charge in [0.2, 0.25) is 0 Å². The molecule has 0 spiro atoms. The van der Waals surface area contributed by atoms with Crippen molar-refractivity contribution in [2.24, 2.45) is 0 Å². The van der Waals surface area contributed by atoms with Crippen LogP contribution < -0.4 is 0 Å². The van der Waals surface area contributed by atoms with Crippen molar-refractivity contribution in [3.8, 4) is 0 Å². The normalized spacial score (nSPS) is 16.2. The summed E-state index contributed by atoms with van der Waals surface area (Å²) in [5.41, 5.74) is 0.614. The van der Waals surface area contributed by atoms with E-state index in [1.165, 1.54) is 0 Å². The van der Waals surface area contributed by atoms with Crippen LogP contribution in [0, 0.1) is 0 Å². The third-order valence-electron chi connectivity index (χ3n) is 2.77. The van der Waals surface area contributed by atoms with Gasteiger partial charge in [0.15, 0.2) is 0 Å². The van der Waals surface area contributed by atoms with Gasteiger partial charge in [-0.2, -0.15) is 0 Å². The second kappa shape index (κ2) is 7.22. The summed E-state index contributed by atoms with van der Waals surface area (Å²) < 4.78 is 0. The monoisotopic (exact) mass is 236 g/mol. The van der Waals surface area contributed by atoms with Crippen molar-refractivity contribution >= 4 is 0 Å². The number of unbranched alkanes of at least 4 members (excludes halogenated alkanes) is 1. The van der Waals surface area contributed by atoms with Crippen LogP contribution in [0.15, 0.2) is 43.0 Å². The lowest BCUT2D eigenvalue weighted by atomic mass is 9.97. The van der Waals surface area contributed by atoms with E-state index in [1.54, 1.807) is 30.3 Å². The van der Waals surface area contributed by atoms with E-state index in [2.05, 4.69) is 6.58 Å². The first-order valence-corrected chi connectivity index (χ1v) is 5.87. The summed E-state index contributed by atoms with van der Waals surface area (Å²) in [4.78, 5) is 0. The minimum absolute atomic E-state index is 0.455. The second-order valence-electron chi connectivity index (χ2n) is 4.13. The zero-order valence-electron chi connectivity index (χ0n) is 9.87. The van der Waals surface area contributed by atoms with Crippen molar-refractivity contribution in [3.05, 3.63) is 48.6 Å². The minimum Gasteiger partial charge on any atom is -0.390 e. The third kappa shape index (κ3) is 4.30. The molecule has 3 nitrogen and oxygen atoms in total. The summed E-state index contributed by atoms with van der Waals surface area (Å²) in [5.74, 6) is 0. The Morgan fingerprint density at radius 3 is 2.35 bits per heavy atom. The van der Waals surface area contributed by atoms with Gasteiger partial charge in [0.05, 0.1) is 6.10 Å². The molecule has 0 radical (unpaired) electrons. The van der Waals surface area contributed by atoms with Gasteiger partial charge >= 0.3 is 0 Å². The smallest absolute Gasteiger partial charge is 0.110 e. The highest BCUT2D eigenvalue weighted by atomic mass is 16.4. The van der Waals surface area contributed by atoms with Gasteiger partial charge in [-0.15, -0.1) is 6.58 Å². The molecule has 0 fully saturated rings. The summed E-state index contributed by atoms with van der Waals surface area (Å²) >= 11 is 0. The standard InChI is InChI=1S/C14H20O3/c1-2-3-5-10-12(15)14(17)13(16)11-8-6-4-7-9-11/h2,4,6-9,12-17H,1,3,5,10H2/t12-,13+,14+/m1/s1. The van der Waals surface area contributed by atoms with Crippen molar-refractivity contribution in [1.82, 2.24) is 0 Å². The summed E-state index contributed by atoms with van der Waals surface area (Å²) in [6.45, 7) is 3.59. The van der Waals surface area contributed by atoms with E-state index in [9.17, 15) is 15.3 Å². The Bertz CT molecular complexity index is 323. The van der Waals surface area contributed by atoms with E-state index < -0.39 is 18.3 Å². The molecule has 0 bridgehead atoms. The van der Waals surface area contributed by atoms with Gasteiger partial charge in [0.1, 0.15) is 12.2 Å². The maximum atomic E-state index is 9.89.